The number of fused-ring (bicyclic) bond motifs is 1. The van der Waals surface area contributed by atoms with Gasteiger partial charge in [0.25, 0.3) is 0 Å². The van der Waals surface area contributed by atoms with Crippen LogP contribution in [0.15, 0.2) is 35.1 Å². The molecule has 3 aromatic heterocycles. The fourth-order valence-electron chi connectivity index (χ4n) is 3.55. The Kier molecular flexibility index (Phi) is 3.58. The number of rotatable bonds is 4. The van der Waals surface area contributed by atoms with Gasteiger partial charge in [-0.25, -0.2) is 15.0 Å². The lowest BCUT2D eigenvalue weighted by Gasteiger charge is -2.12. The Morgan fingerprint density at radius 2 is 1.96 bits per heavy atom. The highest BCUT2D eigenvalue weighted by atomic mass is 16.5. The van der Waals surface area contributed by atoms with E-state index >= 15 is 0 Å². The number of nitrogens with zero attached hydrogens (tertiary/aromatic N) is 4. The molecule has 7 nitrogen and oxygen atoms in total. The summed E-state index contributed by atoms with van der Waals surface area (Å²) in [6, 6.07) is 5.71. The van der Waals surface area contributed by atoms with Crippen LogP contribution in [-0.4, -0.2) is 30.2 Å². The number of aromatic nitrogens is 5. The first-order valence-corrected chi connectivity index (χ1v) is 9.03. The Labute approximate surface area is 155 Å². The molecule has 1 atom stereocenters. The molecule has 1 aliphatic carbocycles. The van der Waals surface area contributed by atoms with Crippen molar-refractivity contribution in [2.45, 2.75) is 38.7 Å². The number of aliphatic hydroxyl groups excluding tert-OH is 1. The average Bonchev–Trinajstić information content (AvgIpc) is 3.36. The van der Waals surface area contributed by atoms with Gasteiger partial charge in [0.1, 0.15) is 17.7 Å². The van der Waals surface area contributed by atoms with Crippen LogP contribution in [0.5, 0.6) is 0 Å². The maximum absolute atomic E-state index is 11.0. The molecule has 5 rings (SSSR count). The normalized spacial score (nSPS) is 15.4. The quantitative estimate of drug-likeness (QED) is 0.576. The fraction of sp³-hybridized carbons (Fsp3) is 0.300. The molecule has 1 fully saturated rings. The van der Waals surface area contributed by atoms with E-state index in [1.54, 1.807) is 18.5 Å². The molecule has 0 aliphatic heterocycles. The zero-order chi connectivity index (χ0) is 18.5. The van der Waals surface area contributed by atoms with E-state index < -0.39 is 6.10 Å². The van der Waals surface area contributed by atoms with Crippen LogP contribution in [-0.2, 0) is 0 Å². The van der Waals surface area contributed by atoms with E-state index in [-0.39, 0.29) is 0 Å². The number of hydrogen-bond donors (Lipinski definition) is 2. The maximum atomic E-state index is 11.0. The average molecular weight is 361 g/mol. The van der Waals surface area contributed by atoms with E-state index in [0.717, 1.165) is 52.3 Å². The van der Waals surface area contributed by atoms with Gasteiger partial charge in [0.05, 0.1) is 16.7 Å². The van der Waals surface area contributed by atoms with E-state index in [2.05, 4.69) is 20.1 Å². The second-order valence-corrected chi connectivity index (χ2v) is 7.07. The van der Waals surface area contributed by atoms with Crippen molar-refractivity contribution in [3.63, 3.8) is 0 Å². The van der Waals surface area contributed by atoms with E-state index in [9.17, 15) is 5.11 Å². The summed E-state index contributed by atoms with van der Waals surface area (Å²) in [6.45, 7) is 3.80. The van der Waals surface area contributed by atoms with Gasteiger partial charge in [-0.15, -0.1) is 0 Å². The van der Waals surface area contributed by atoms with Crippen LogP contribution < -0.4 is 0 Å². The second-order valence-electron chi connectivity index (χ2n) is 7.07. The van der Waals surface area contributed by atoms with Gasteiger partial charge < -0.3 is 14.6 Å². The third-order valence-electron chi connectivity index (χ3n) is 5.05. The number of aryl methyl sites for hydroxylation is 2. The van der Waals surface area contributed by atoms with Crippen LogP contribution in [0.4, 0.5) is 0 Å². The number of benzene rings is 1. The van der Waals surface area contributed by atoms with Crippen LogP contribution in [0, 0.1) is 13.8 Å². The van der Waals surface area contributed by atoms with Gasteiger partial charge in [0.15, 0.2) is 5.82 Å². The summed E-state index contributed by atoms with van der Waals surface area (Å²) < 4.78 is 5.34. The summed E-state index contributed by atoms with van der Waals surface area (Å²) in [6.07, 6.45) is 4.58. The summed E-state index contributed by atoms with van der Waals surface area (Å²) in [4.78, 5) is 16.6. The number of nitrogens with one attached hydrogen (secondary N) is 1. The molecule has 1 aliphatic rings. The van der Waals surface area contributed by atoms with Crippen molar-refractivity contribution in [1.29, 1.82) is 0 Å². The van der Waals surface area contributed by atoms with Gasteiger partial charge in [-0.2, -0.15) is 0 Å². The molecule has 27 heavy (non-hydrogen) atoms. The van der Waals surface area contributed by atoms with Crippen molar-refractivity contribution in [3.05, 3.63) is 59.3 Å². The lowest BCUT2D eigenvalue weighted by atomic mass is 9.97. The van der Waals surface area contributed by atoms with Gasteiger partial charge >= 0.3 is 0 Å². The molecule has 7 heteroatoms. The standard InChI is InChI=1S/C20H19N5O2/c1-10-16(11(2)27-25-10)13-8-14(18(26)20-21-6-3-7-22-20)17-15(9-13)23-19(24-17)12-4-5-12/h3,6-9,12,18,26H,4-5H2,1-2H3,(H,23,24). The smallest absolute Gasteiger partial charge is 0.161 e. The minimum absolute atomic E-state index is 0.352. The first-order chi connectivity index (χ1) is 13.1. The van der Waals surface area contributed by atoms with Gasteiger partial charge in [-0.1, -0.05) is 5.16 Å². The molecule has 0 bridgehead atoms. The first kappa shape index (κ1) is 16.1. The van der Waals surface area contributed by atoms with E-state index in [4.69, 9.17) is 9.51 Å². The molecule has 4 aromatic rings. The number of H-pyrrole nitrogens is 1. The van der Waals surface area contributed by atoms with Crippen molar-refractivity contribution in [2.75, 3.05) is 0 Å². The van der Waals surface area contributed by atoms with E-state index in [1.807, 2.05) is 26.0 Å². The SMILES string of the molecule is Cc1noc(C)c1-c1cc(C(O)c2ncccn2)c2nc(C3CC3)[nH]c2c1. The van der Waals surface area contributed by atoms with Gasteiger partial charge in [-0.3, -0.25) is 0 Å². The summed E-state index contributed by atoms with van der Waals surface area (Å²) in [7, 11) is 0. The van der Waals surface area contributed by atoms with Crippen LogP contribution >= 0.6 is 0 Å². The third kappa shape index (κ3) is 2.71. The van der Waals surface area contributed by atoms with Crippen LogP contribution in [0.3, 0.4) is 0 Å². The Hall–Kier alpha value is -3.06. The largest absolute Gasteiger partial charge is 0.380 e. The minimum atomic E-state index is -0.968. The number of aliphatic hydroxyl groups is 1. The predicted molar refractivity (Wildman–Crippen MR) is 99.1 cm³/mol. The Balaban J connectivity index is 1.74. The fourth-order valence-corrected chi connectivity index (χ4v) is 3.55. The Morgan fingerprint density at radius 3 is 2.63 bits per heavy atom. The summed E-state index contributed by atoms with van der Waals surface area (Å²) in [5.74, 6) is 2.55. The lowest BCUT2D eigenvalue weighted by molar-refractivity contribution is 0.211. The second kappa shape index (κ2) is 5.99. The first-order valence-electron chi connectivity index (χ1n) is 9.03. The van der Waals surface area contributed by atoms with Gasteiger partial charge in [-0.05, 0) is 50.5 Å². The van der Waals surface area contributed by atoms with Gasteiger partial charge in [0, 0.05) is 29.4 Å². The zero-order valence-corrected chi connectivity index (χ0v) is 15.1. The Morgan fingerprint density at radius 1 is 1.19 bits per heavy atom. The highest BCUT2D eigenvalue weighted by Crippen LogP contribution is 2.41. The number of aromatic amines is 1. The maximum Gasteiger partial charge on any atom is 0.161 e. The Bertz CT molecular complexity index is 1110. The third-order valence-corrected chi connectivity index (χ3v) is 5.05. The lowest BCUT2D eigenvalue weighted by Crippen LogP contribution is -2.06. The molecule has 3 heterocycles. The van der Waals surface area contributed by atoms with Crippen molar-refractivity contribution < 1.29 is 9.63 Å². The topological polar surface area (TPSA) is 101 Å². The zero-order valence-electron chi connectivity index (χ0n) is 15.1. The molecule has 136 valence electrons. The molecule has 1 unspecified atom stereocenters. The molecular weight excluding hydrogens is 342 g/mol. The molecule has 0 spiro atoms. The minimum Gasteiger partial charge on any atom is -0.380 e. The molecular formula is C20H19N5O2. The van der Waals surface area contributed by atoms with Crippen LogP contribution in [0.2, 0.25) is 0 Å². The number of hydrogen-bond acceptors (Lipinski definition) is 6. The van der Waals surface area contributed by atoms with E-state index in [0.29, 0.717) is 17.3 Å². The van der Waals surface area contributed by atoms with Gasteiger partial charge in [0.2, 0.25) is 0 Å². The van der Waals surface area contributed by atoms with Crippen molar-refractivity contribution in [2.24, 2.45) is 0 Å². The predicted octanol–water partition coefficient (Wildman–Crippen LogP) is 3.58. The summed E-state index contributed by atoms with van der Waals surface area (Å²) >= 11 is 0. The van der Waals surface area contributed by atoms with Crippen LogP contribution in [0.1, 0.15) is 53.5 Å². The monoisotopic (exact) mass is 361 g/mol. The van der Waals surface area contributed by atoms with Crippen LogP contribution in [0.25, 0.3) is 22.2 Å². The molecule has 0 amide bonds. The summed E-state index contributed by atoms with van der Waals surface area (Å²) in [5.41, 5.74) is 4.99. The summed E-state index contributed by atoms with van der Waals surface area (Å²) in [5, 5.41) is 15.1. The van der Waals surface area contributed by atoms with Crippen molar-refractivity contribution in [3.8, 4) is 11.1 Å². The highest BCUT2D eigenvalue weighted by molar-refractivity contribution is 5.86. The molecule has 2 N–H and O–H groups in total. The van der Waals surface area contributed by atoms with E-state index in [1.165, 1.54) is 0 Å². The number of imidazole rings is 1. The molecule has 0 radical (unpaired) electrons. The molecule has 1 saturated carbocycles. The van der Waals surface area contributed by atoms with Crippen molar-refractivity contribution >= 4 is 11.0 Å². The van der Waals surface area contributed by atoms with Crippen molar-refractivity contribution in [1.82, 2.24) is 25.1 Å². The highest BCUT2D eigenvalue weighted by Gasteiger charge is 2.29. The molecule has 1 aromatic carbocycles. The molecule has 0 saturated heterocycles.